The van der Waals surface area contributed by atoms with Crippen LogP contribution in [0.4, 0.5) is 0 Å². The smallest absolute Gasteiger partial charge is 0.191 e. The van der Waals surface area contributed by atoms with Crippen molar-refractivity contribution in [3.05, 3.63) is 34.9 Å². The molecule has 4 heteroatoms. The molecule has 0 bridgehead atoms. The van der Waals surface area contributed by atoms with Crippen LogP contribution in [0.1, 0.15) is 18.4 Å². The fourth-order valence-corrected chi connectivity index (χ4v) is 1.78. The zero-order valence-corrected chi connectivity index (χ0v) is 10.1. The van der Waals surface area contributed by atoms with Gasteiger partial charge in [0, 0.05) is 18.1 Å². The molecule has 1 aromatic rings. The Bertz CT molecular complexity index is 399. The number of hydrogen-bond acceptors (Lipinski definition) is 1. The molecule has 86 valence electrons. The van der Waals surface area contributed by atoms with Gasteiger partial charge in [-0.15, -0.1) is 0 Å². The molecule has 2 N–H and O–H groups in total. The van der Waals surface area contributed by atoms with Crippen LogP contribution in [-0.2, 0) is 6.54 Å². The molecule has 0 aliphatic heterocycles. The van der Waals surface area contributed by atoms with Crippen molar-refractivity contribution < 1.29 is 0 Å². The van der Waals surface area contributed by atoms with Crippen molar-refractivity contribution >= 4 is 17.6 Å². The normalized spacial score (nSPS) is 16.2. The fraction of sp³-hybridized carbons (Fsp3) is 0.417. The number of benzene rings is 1. The summed E-state index contributed by atoms with van der Waals surface area (Å²) in [6.45, 7) is 0.587. The van der Waals surface area contributed by atoms with E-state index in [0.717, 1.165) is 10.6 Å². The number of nitrogens with zero attached hydrogens (tertiary/aromatic N) is 2. The van der Waals surface area contributed by atoms with Gasteiger partial charge in [-0.05, 0) is 30.5 Å². The highest BCUT2D eigenvalue weighted by atomic mass is 35.5. The fourth-order valence-electron chi connectivity index (χ4n) is 1.57. The van der Waals surface area contributed by atoms with E-state index in [2.05, 4.69) is 4.99 Å². The predicted molar refractivity (Wildman–Crippen MR) is 67.6 cm³/mol. The van der Waals surface area contributed by atoms with Crippen LogP contribution < -0.4 is 5.73 Å². The first-order valence-electron chi connectivity index (χ1n) is 5.44. The number of aliphatic imine (C=N–C) groups is 1. The second-order valence-corrected chi connectivity index (χ2v) is 4.58. The van der Waals surface area contributed by atoms with Crippen molar-refractivity contribution in [3.8, 4) is 0 Å². The molecular formula is C12H16ClN3. The summed E-state index contributed by atoms with van der Waals surface area (Å²) in [4.78, 5) is 6.40. The molecule has 16 heavy (non-hydrogen) atoms. The van der Waals surface area contributed by atoms with Crippen molar-refractivity contribution in [1.82, 2.24) is 4.90 Å². The molecule has 1 fully saturated rings. The number of rotatable bonds is 3. The summed E-state index contributed by atoms with van der Waals surface area (Å²) < 4.78 is 0. The standard InChI is InChI=1S/C12H16ClN3/c1-16(11-5-6-11)12(14)15-8-9-3-2-4-10(13)7-9/h2-4,7,11H,5-6,8H2,1H3,(H2,14,15). The lowest BCUT2D eigenvalue weighted by Gasteiger charge is -2.16. The summed E-state index contributed by atoms with van der Waals surface area (Å²) in [6.07, 6.45) is 2.45. The van der Waals surface area contributed by atoms with Crippen molar-refractivity contribution in [1.29, 1.82) is 0 Å². The third-order valence-electron chi connectivity index (χ3n) is 2.77. The minimum absolute atomic E-state index is 0.587. The van der Waals surface area contributed by atoms with Gasteiger partial charge >= 0.3 is 0 Å². The van der Waals surface area contributed by atoms with Crippen LogP contribution in [0.15, 0.2) is 29.3 Å². The van der Waals surface area contributed by atoms with Gasteiger partial charge in [0.1, 0.15) is 0 Å². The van der Waals surface area contributed by atoms with Gasteiger partial charge in [0.2, 0.25) is 0 Å². The Balaban J connectivity index is 1.96. The lowest BCUT2D eigenvalue weighted by molar-refractivity contribution is 0.487. The summed E-state index contributed by atoms with van der Waals surface area (Å²) in [5.41, 5.74) is 6.97. The number of hydrogen-bond donors (Lipinski definition) is 1. The Hall–Kier alpha value is -1.22. The van der Waals surface area contributed by atoms with E-state index in [0.29, 0.717) is 18.5 Å². The van der Waals surface area contributed by atoms with E-state index in [4.69, 9.17) is 17.3 Å². The van der Waals surface area contributed by atoms with E-state index >= 15 is 0 Å². The van der Waals surface area contributed by atoms with Crippen LogP contribution in [0.25, 0.3) is 0 Å². The molecule has 0 spiro atoms. The maximum atomic E-state index is 5.89. The van der Waals surface area contributed by atoms with Crippen LogP contribution >= 0.6 is 11.6 Å². The summed E-state index contributed by atoms with van der Waals surface area (Å²) in [5.74, 6) is 0.613. The Kier molecular flexibility index (Phi) is 3.34. The first kappa shape index (κ1) is 11.3. The van der Waals surface area contributed by atoms with Crippen molar-refractivity contribution in [2.45, 2.75) is 25.4 Å². The maximum absolute atomic E-state index is 5.89. The quantitative estimate of drug-likeness (QED) is 0.647. The Morgan fingerprint density at radius 3 is 2.94 bits per heavy atom. The Labute approximate surface area is 101 Å². The van der Waals surface area contributed by atoms with E-state index in [1.807, 2.05) is 36.2 Å². The summed E-state index contributed by atoms with van der Waals surface area (Å²) >= 11 is 5.89. The third kappa shape index (κ3) is 2.89. The van der Waals surface area contributed by atoms with Crippen LogP contribution in [0, 0.1) is 0 Å². The second kappa shape index (κ2) is 4.74. The van der Waals surface area contributed by atoms with Crippen LogP contribution in [0.5, 0.6) is 0 Å². The van der Waals surface area contributed by atoms with Crippen LogP contribution in [-0.4, -0.2) is 23.9 Å². The zero-order chi connectivity index (χ0) is 11.5. The van der Waals surface area contributed by atoms with E-state index in [1.54, 1.807) is 0 Å². The molecule has 2 rings (SSSR count). The van der Waals surface area contributed by atoms with Gasteiger partial charge in [-0.3, -0.25) is 0 Å². The molecule has 3 nitrogen and oxygen atoms in total. The van der Waals surface area contributed by atoms with Crippen molar-refractivity contribution in [3.63, 3.8) is 0 Å². The predicted octanol–water partition coefficient (Wildman–Crippen LogP) is 2.25. The van der Waals surface area contributed by atoms with Gasteiger partial charge in [-0.2, -0.15) is 0 Å². The molecule has 1 aliphatic rings. The van der Waals surface area contributed by atoms with Gasteiger partial charge in [-0.25, -0.2) is 4.99 Å². The first-order chi connectivity index (χ1) is 7.66. The van der Waals surface area contributed by atoms with Gasteiger partial charge < -0.3 is 10.6 Å². The average Bonchev–Trinajstić information content (AvgIpc) is 3.09. The van der Waals surface area contributed by atoms with Gasteiger partial charge in [0.15, 0.2) is 5.96 Å². The molecule has 1 aromatic carbocycles. The molecular weight excluding hydrogens is 222 g/mol. The molecule has 1 saturated carbocycles. The Morgan fingerprint density at radius 1 is 1.56 bits per heavy atom. The van der Waals surface area contributed by atoms with Gasteiger partial charge in [0.25, 0.3) is 0 Å². The molecule has 1 aliphatic carbocycles. The minimum atomic E-state index is 0.587. The average molecular weight is 238 g/mol. The van der Waals surface area contributed by atoms with Gasteiger partial charge in [0.05, 0.1) is 6.54 Å². The monoisotopic (exact) mass is 237 g/mol. The lowest BCUT2D eigenvalue weighted by Crippen LogP contribution is -2.35. The largest absolute Gasteiger partial charge is 0.370 e. The van der Waals surface area contributed by atoms with Crippen molar-refractivity contribution in [2.24, 2.45) is 10.7 Å². The van der Waals surface area contributed by atoms with Crippen LogP contribution in [0.3, 0.4) is 0 Å². The minimum Gasteiger partial charge on any atom is -0.370 e. The third-order valence-corrected chi connectivity index (χ3v) is 3.00. The molecule has 0 amide bonds. The van der Waals surface area contributed by atoms with E-state index in [9.17, 15) is 0 Å². The zero-order valence-electron chi connectivity index (χ0n) is 9.36. The summed E-state index contributed by atoms with van der Waals surface area (Å²) in [5, 5.41) is 0.738. The lowest BCUT2D eigenvalue weighted by atomic mass is 10.2. The number of halogens is 1. The first-order valence-corrected chi connectivity index (χ1v) is 5.82. The van der Waals surface area contributed by atoms with Crippen molar-refractivity contribution in [2.75, 3.05) is 7.05 Å². The Morgan fingerprint density at radius 2 is 2.31 bits per heavy atom. The maximum Gasteiger partial charge on any atom is 0.191 e. The summed E-state index contributed by atoms with van der Waals surface area (Å²) in [6, 6.07) is 8.29. The van der Waals surface area contributed by atoms with E-state index < -0.39 is 0 Å². The van der Waals surface area contributed by atoms with Crippen LogP contribution in [0.2, 0.25) is 5.02 Å². The molecule has 0 aromatic heterocycles. The summed E-state index contributed by atoms with van der Waals surface area (Å²) in [7, 11) is 1.99. The molecule has 0 radical (unpaired) electrons. The molecule has 0 atom stereocenters. The van der Waals surface area contributed by atoms with E-state index in [-0.39, 0.29) is 0 Å². The number of guanidine groups is 1. The molecule has 0 unspecified atom stereocenters. The highest BCUT2D eigenvalue weighted by molar-refractivity contribution is 6.30. The topological polar surface area (TPSA) is 41.6 Å². The van der Waals surface area contributed by atoms with E-state index in [1.165, 1.54) is 12.8 Å². The molecule has 0 heterocycles. The van der Waals surface area contributed by atoms with Gasteiger partial charge in [-0.1, -0.05) is 23.7 Å². The highest BCUT2D eigenvalue weighted by Gasteiger charge is 2.27. The second-order valence-electron chi connectivity index (χ2n) is 4.15. The highest BCUT2D eigenvalue weighted by Crippen LogP contribution is 2.24. The number of nitrogens with two attached hydrogens (primary N) is 1. The molecule has 0 saturated heterocycles. The SMILES string of the molecule is CN(C(N)=NCc1cccc(Cl)c1)C1CC1.